The third kappa shape index (κ3) is 4.43. The van der Waals surface area contributed by atoms with Crippen LogP contribution in [0.4, 0.5) is 0 Å². The van der Waals surface area contributed by atoms with Crippen molar-refractivity contribution in [2.75, 3.05) is 6.61 Å². The number of aromatic hydroxyl groups is 4. The molecule has 0 aromatic heterocycles. The standard InChI is InChI=1S/C20H20O6/c1-12(11-21)2-6-15-18(24)9-7-16(20(15)26)17(23)8-4-13-3-5-14(22)10-19(13)25/h2-5,7-10,21-22,24-26H,6,11H2,1H3. The molecule has 6 heteroatoms. The molecule has 0 amide bonds. The van der Waals surface area contributed by atoms with E-state index >= 15 is 0 Å². The summed E-state index contributed by atoms with van der Waals surface area (Å²) in [6.07, 6.45) is 4.34. The van der Waals surface area contributed by atoms with Crippen molar-refractivity contribution in [1.82, 2.24) is 0 Å². The minimum atomic E-state index is -0.515. The second-order valence-electron chi connectivity index (χ2n) is 5.81. The lowest BCUT2D eigenvalue weighted by atomic mass is 10.0. The van der Waals surface area contributed by atoms with E-state index in [2.05, 4.69) is 0 Å². The highest BCUT2D eigenvalue weighted by Gasteiger charge is 2.15. The lowest BCUT2D eigenvalue weighted by molar-refractivity contribution is 0.104. The lowest BCUT2D eigenvalue weighted by Crippen LogP contribution is -1.98. The first-order valence-corrected chi connectivity index (χ1v) is 7.88. The summed E-state index contributed by atoms with van der Waals surface area (Å²) < 4.78 is 0. The van der Waals surface area contributed by atoms with E-state index in [1.165, 1.54) is 36.4 Å². The number of phenolic OH excluding ortho intramolecular Hbond substituents is 4. The molecule has 0 radical (unpaired) electrons. The van der Waals surface area contributed by atoms with Crippen molar-refractivity contribution in [3.8, 4) is 23.0 Å². The van der Waals surface area contributed by atoms with Crippen LogP contribution in [-0.4, -0.2) is 37.9 Å². The van der Waals surface area contributed by atoms with E-state index in [-0.39, 0.29) is 47.2 Å². The highest BCUT2D eigenvalue weighted by Crippen LogP contribution is 2.32. The van der Waals surface area contributed by atoms with Gasteiger partial charge in [-0.1, -0.05) is 11.6 Å². The average molecular weight is 356 g/mol. The zero-order valence-corrected chi connectivity index (χ0v) is 14.2. The Balaban J connectivity index is 2.30. The topological polar surface area (TPSA) is 118 Å². The smallest absolute Gasteiger partial charge is 0.189 e. The van der Waals surface area contributed by atoms with Crippen molar-refractivity contribution in [1.29, 1.82) is 0 Å². The molecule has 6 nitrogen and oxygen atoms in total. The Hall–Kier alpha value is -3.25. The van der Waals surface area contributed by atoms with Crippen LogP contribution in [0, 0.1) is 0 Å². The highest BCUT2D eigenvalue weighted by molar-refractivity contribution is 6.09. The molecule has 0 saturated carbocycles. The van der Waals surface area contributed by atoms with Crippen LogP contribution in [-0.2, 0) is 6.42 Å². The number of allylic oxidation sites excluding steroid dienone is 2. The van der Waals surface area contributed by atoms with Crippen LogP contribution >= 0.6 is 0 Å². The first-order chi connectivity index (χ1) is 12.3. The van der Waals surface area contributed by atoms with Gasteiger partial charge in [0.2, 0.25) is 0 Å². The van der Waals surface area contributed by atoms with Gasteiger partial charge in [0.05, 0.1) is 12.2 Å². The second kappa shape index (κ2) is 8.22. The van der Waals surface area contributed by atoms with Crippen LogP contribution in [0.3, 0.4) is 0 Å². The number of hydrogen-bond acceptors (Lipinski definition) is 6. The maximum atomic E-state index is 12.4. The van der Waals surface area contributed by atoms with Crippen molar-refractivity contribution in [2.45, 2.75) is 13.3 Å². The molecular weight excluding hydrogens is 336 g/mol. The first-order valence-electron chi connectivity index (χ1n) is 7.88. The van der Waals surface area contributed by atoms with Crippen molar-refractivity contribution in [2.24, 2.45) is 0 Å². The van der Waals surface area contributed by atoms with Crippen molar-refractivity contribution < 1.29 is 30.3 Å². The van der Waals surface area contributed by atoms with E-state index in [0.717, 1.165) is 6.07 Å². The number of carbonyl (C=O) groups is 1. The monoisotopic (exact) mass is 356 g/mol. The van der Waals surface area contributed by atoms with Gasteiger partial charge >= 0.3 is 0 Å². The molecule has 2 aromatic rings. The Bertz CT molecular complexity index is 880. The van der Waals surface area contributed by atoms with Gasteiger partial charge in [-0.05, 0) is 49.8 Å². The quantitative estimate of drug-likeness (QED) is 0.309. The molecule has 0 spiro atoms. The minimum Gasteiger partial charge on any atom is -0.508 e. The third-order valence-corrected chi connectivity index (χ3v) is 3.86. The normalized spacial score (nSPS) is 11.8. The number of phenols is 4. The summed E-state index contributed by atoms with van der Waals surface area (Å²) >= 11 is 0. The molecule has 0 aliphatic rings. The summed E-state index contributed by atoms with van der Waals surface area (Å²) in [5.74, 6) is -1.29. The van der Waals surface area contributed by atoms with Crippen molar-refractivity contribution in [3.63, 3.8) is 0 Å². The largest absolute Gasteiger partial charge is 0.508 e. The molecule has 0 fully saturated rings. The molecule has 0 aliphatic carbocycles. The number of aliphatic hydroxyl groups excluding tert-OH is 1. The van der Waals surface area contributed by atoms with Crippen LogP contribution in [0.1, 0.15) is 28.4 Å². The zero-order valence-electron chi connectivity index (χ0n) is 14.2. The van der Waals surface area contributed by atoms with Gasteiger partial charge in [-0.2, -0.15) is 0 Å². The molecule has 0 saturated heterocycles. The molecule has 0 heterocycles. The molecule has 2 aromatic carbocycles. The Morgan fingerprint density at radius 3 is 2.42 bits per heavy atom. The number of benzene rings is 2. The molecular formula is C20H20O6. The Morgan fingerprint density at radius 2 is 1.77 bits per heavy atom. The molecule has 136 valence electrons. The Labute approximate surface area is 150 Å². The summed E-state index contributed by atoms with van der Waals surface area (Å²) in [6.45, 7) is 1.56. The second-order valence-corrected chi connectivity index (χ2v) is 5.81. The summed E-state index contributed by atoms with van der Waals surface area (Å²) in [5, 5.41) is 48.2. The van der Waals surface area contributed by atoms with E-state index in [0.29, 0.717) is 11.1 Å². The maximum absolute atomic E-state index is 12.4. The molecule has 26 heavy (non-hydrogen) atoms. The van der Waals surface area contributed by atoms with E-state index < -0.39 is 5.78 Å². The molecule has 0 aliphatic heterocycles. The third-order valence-electron chi connectivity index (χ3n) is 3.86. The molecule has 0 bridgehead atoms. The van der Waals surface area contributed by atoms with Crippen LogP contribution in [0.15, 0.2) is 48.1 Å². The van der Waals surface area contributed by atoms with Gasteiger partial charge in [0.25, 0.3) is 0 Å². The summed E-state index contributed by atoms with van der Waals surface area (Å²) in [4.78, 5) is 12.4. The van der Waals surface area contributed by atoms with Gasteiger partial charge in [0.1, 0.15) is 23.0 Å². The zero-order chi connectivity index (χ0) is 19.3. The molecule has 0 atom stereocenters. The van der Waals surface area contributed by atoms with Crippen LogP contribution in [0.25, 0.3) is 6.08 Å². The Morgan fingerprint density at radius 1 is 1.04 bits per heavy atom. The predicted molar refractivity (Wildman–Crippen MR) is 97.5 cm³/mol. The van der Waals surface area contributed by atoms with Gasteiger partial charge in [-0.25, -0.2) is 0 Å². The molecule has 0 unspecified atom stereocenters. The van der Waals surface area contributed by atoms with Gasteiger partial charge in [0.15, 0.2) is 5.78 Å². The van der Waals surface area contributed by atoms with E-state index in [1.54, 1.807) is 13.0 Å². The minimum absolute atomic E-state index is 0.00219. The number of carbonyl (C=O) groups excluding carboxylic acids is 1. The van der Waals surface area contributed by atoms with Crippen molar-refractivity contribution in [3.05, 3.63) is 64.7 Å². The number of ketones is 1. The summed E-state index contributed by atoms with van der Waals surface area (Å²) in [5.41, 5.74) is 1.19. The first kappa shape index (κ1) is 19.1. The SMILES string of the molecule is CC(=CCc1c(O)ccc(C(=O)C=Cc2ccc(O)cc2O)c1O)CO. The average Bonchev–Trinajstić information content (AvgIpc) is 2.60. The van der Waals surface area contributed by atoms with Gasteiger partial charge < -0.3 is 25.5 Å². The summed E-state index contributed by atoms with van der Waals surface area (Å²) in [7, 11) is 0. The lowest BCUT2D eigenvalue weighted by Gasteiger charge is -2.09. The van der Waals surface area contributed by atoms with Gasteiger partial charge in [-0.15, -0.1) is 0 Å². The maximum Gasteiger partial charge on any atom is 0.189 e. The highest BCUT2D eigenvalue weighted by atomic mass is 16.3. The number of hydrogen-bond donors (Lipinski definition) is 5. The fourth-order valence-corrected chi connectivity index (χ4v) is 2.29. The fraction of sp³-hybridized carbons (Fsp3) is 0.150. The summed E-state index contributed by atoms with van der Waals surface area (Å²) in [6, 6.07) is 6.58. The number of rotatable bonds is 6. The Kier molecular flexibility index (Phi) is 6.03. The fourth-order valence-electron chi connectivity index (χ4n) is 2.29. The van der Waals surface area contributed by atoms with Gasteiger partial charge in [-0.3, -0.25) is 4.79 Å². The molecule has 2 rings (SSSR count). The van der Waals surface area contributed by atoms with Crippen LogP contribution in [0.2, 0.25) is 0 Å². The van der Waals surface area contributed by atoms with Crippen LogP contribution < -0.4 is 0 Å². The van der Waals surface area contributed by atoms with E-state index in [9.17, 15) is 25.2 Å². The number of aliphatic hydroxyl groups is 1. The van der Waals surface area contributed by atoms with Gasteiger partial charge in [0, 0.05) is 17.2 Å². The predicted octanol–water partition coefficient (Wildman–Crippen LogP) is 2.89. The van der Waals surface area contributed by atoms with Crippen LogP contribution in [0.5, 0.6) is 23.0 Å². The van der Waals surface area contributed by atoms with Crippen molar-refractivity contribution >= 4 is 11.9 Å². The van der Waals surface area contributed by atoms with E-state index in [1.807, 2.05) is 0 Å². The van der Waals surface area contributed by atoms with E-state index in [4.69, 9.17) is 5.11 Å². The molecule has 5 N–H and O–H groups in total.